The number of hydrogen-bond acceptors (Lipinski definition) is 4. The van der Waals surface area contributed by atoms with E-state index in [1.165, 1.54) is 0 Å². The largest absolute Gasteiger partial charge is 0.487 e. The van der Waals surface area contributed by atoms with Crippen LogP contribution in [0, 0.1) is 11.3 Å². The number of nitriles is 1. The monoisotopic (exact) mass is 217 g/mol. The number of hydrogen-bond donors (Lipinski definition) is 2. The van der Waals surface area contributed by atoms with Crippen LogP contribution in [0.3, 0.4) is 0 Å². The van der Waals surface area contributed by atoms with Crippen molar-refractivity contribution in [3.05, 3.63) is 29.8 Å². The third kappa shape index (κ3) is 2.16. The first kappa shape index (κ1) is 10.9. The lowest BCUT2D eigenvalue weighted by atomic mass is 10.2. The summed E-state index contributed by atoms with van der Waals surface area (Å²) >= 11 is 0. The first-order valence-corrected chi connectivity index (χ1v) is 5.37. The zero-order valence-electron chi connectivity index (χ0n) is 8.97. The van der Waals surface area contributed by atoms with E-state index in [9.17, 15) is 0 Å². The molecule has 0 aromatic heterocycles. The van der Waals surface area contributed by atoms with E-state index in [-0.39, 0.29) is 18.2 Å². The zero-order valence-corrected chi connectivity index (χ0v) is 8.97. The molecule has 0 aliphatic heterocycles. The highest BCUT2D eigenvalue weighted by Crippen LogP contribution is 2.25. The Morgan fingerprint density at radius 3 is 2.62 bits per heavy atom. The average molecular weight is 217 g/mol. The summed E-state index contributed by atoms with van der Waals surface area (Å²) in [6, 6.07) is 9.34. The van der Waals surface area contributed by atoms with Crippen molar-refractivity contribution in [3.63, 3.8) is 0 Å². The van der Waals surface area contributed by atoms with E-state index in [4.69, 9.17) is 21.5 Å². The highest BCUT2D eigenvalue weighted by Gasteiger charge is 2.31. The highest BCUT2D eigenvalue weighted by molar-refractivity contribution is 5.42. The van der Waals surface area contributed by atoms with Crippen molar-refractivity contribution in [2.75, 3.05) is 0 Å². The molecule has 0 unspecified atom stereocenters. The third-order valence-electron chi connectivity index (χ3n) is 2.87. The molecule has 1 aliphatic rings. The van der Waals surface area contributed by atoms with Crippen molar-refractivity contribution >= 4 is 0 Å². The van der Waals surface area contributed by atoms with E-state index in [2.05, 4.69) is 6.07 Å². The van der Waals surface area contributed by atoms with Crippen molar-refractivity contribution in [2.45, 2.75) is 31.0 Å². The molecular weight excluding hydrogens is 202 g/mol. The van der Waals surface area contributed by atoms with Crippen LogP contribution in [0.15, 0.2) is 24.3 Å². The van der Waals surface area contributed by atoms with Gasteiger partial charge >= 0.3 is 0 Å². The Kier molecular flexibility index (Phi) is 3.09. The van der Waals surface area contributed by atoms with E-state index >= 15 is 0 Å². The second kappa shape index (κ2) is 4.52. The van der Waals surface area contributed by atoms with Crippen LogP contribution < -0.4 is 16.2 Å². The van der Waals surface area contributed by atoms with Crippen LogP contribution >= 0.6 is 0 Å². The average Bonchev–Trinajstić information content (AvgIpc) is 2.58. The fourth-order valence-electron chi connectivity index (χ4n) is 2.03. The molecule has 1 aliphatic carbocycles. The highest BCUT2D eigenvalue weighted by atomic mass is 16.5. The predicted molar refractivity (Wildman–Crippen MR) is 60.8 cm³/mol. The summed E-state index contributed by atoms with van der Waals surface area (Å²) < 4.78 is 5.75. The molecule has 0 heterocycles. The maximum absolute atomic E-state index is 8.92. The standard InChI is InChI=1S/C12H15N3O/c13-7-8-3-1-2-4-11(8)16-12-6-9(14)5-10(12)15/h1-4,9-10,12H,5-6,14-15H2/t9-,10+,12+/m0/s1. The second-order valence-corrected chi connectivity index (χ2v) is 4.16. The van der Waals surface area contributed by atoms with Crippen molar-refractivity contribution < 1.29 is 4.74 Å². The predicted octanol–water partition coefficient (Wildman–Crippen LogP) is 0.754. The number of nitrogens with zero attached hydrogens (tertiary/aromatic N) is 1. The minimum Gasteiger partial charge on any atom is -0.487 e. The molecule has 1 saturated carbocycles. The van der Waals surface area contributed by atoms with E-state index in [0.717, 1.165) is 12.8 Å². The van der Waals surface area contributed by atoms with E-state index < -0.39 is 0 Å². The Hall–Kier alpha value is -1.57. The second-order valence-electron chi connectivity index (χ2n) is 4.16. The Bertz CT molecular complexity index is 413. The van der Waals surface area contributed by atoms with Gasteiger partial charge in [0.25, 0.3) is 0 Å². The lowest BCUT2D eigenvalue weighted by molar-refractivity contribution is 0.190. The van der Waals surface area contributed by atoms with Crippen molar-refractivity contribution in [1.82, 2.24) is 0 Å². The van der Waals surface area contributed by atoms with Crippen LogP contribution in [0.4, 0.5) is 0 Å². The van der Waals surface area contributed by atoms with Gasteiger partial charge in [0.1, 0.15) is 17.9 Å². The maximum atomic E-state index is 8.92. The van der Waals surface area contributed by atoms with Crippen LogP contribution in [-0.4, -0.2) is 18.2 Å². The number of rotatable bonds is 2. The van der Waals surface area contributed by atoms with E-state index in [1.807, 2.05) is 12.1 Å². The SMILES string of the molecule is N#Cc1ccccc1O[C@@H]1C[C@@H](N)C[C@H]1N. The Balaban J connectivity index is 2.12. The van der Waals surface area contributed by atoms with E-state index in [1.54, 1.807) is 12.1 Å². The molecule has 0 radical (unpaired) electrons. The van der Waals surface area contributed by atoms with Crippen molar-refractivity contribution in [1.29, 1.82) is 5.26 Å². The molecule has 0 spiro atoms. The molecule has 2 rings (SSSR count). The van der Waals surface area contributed by atoms with Gasteiger partial charge in [0.05, 0.1) is 5.56 Å². The van der Waals surface area contributed by atoms with Gasteiger partial charge in [-0.2, -0.15) is 5.26 Å². The number of benzene rings is 1. The molecule has 0 amide bonds. The third-order valence-corrected chi connectivity index (χ3v) is 2.87. The molecule has 16 heavy (non-hydrogen) atoms. The van der Waals surface area contributed by atoms with Crippen LogP contribution in [-0.2, 0) is 0 Å². The molecule has 84 valence electrons. The summed E-state index contributed by atoms with van der Waals surface area (Å²) in [5, 5.41) is 8.92. The number of nitrogens with two attached hydrogens (primary N) is 2. The molecule has 1 aromatic carbocycles. The van der Waals surface area contributed by atoms with Crippen LogP contribution in [0.25, 0.3) is 0 Å². The van der Waals surface area contributed by atoms with E-state index in [0.29, 0.717) is 11.3 Å². The first-order valence-electron chi connectivity index (χ1n) is 5.37. The van der Waals surface area contributed by atoms with Crippen LogP contribution in [0.5, 0.6) is 5.75 Å². The molecule has 1 fully saturated rings. The summed E-state index contributed by atoms with van der Waals surface area (Å²) in [4.78, 5) is 0. The minimum absolute atomic E-state index is 0.0400. The quantitative estimate of drug-likeness (QED) is 0.765. The van der Waals surface area contributed by atoms with Gasteiger partial charge in [-0.3, -0.25) is 0 Å². The van der Waals surface area contributed by atoms with Gasteiger partial charge in [0.15, 0.2) is 0 Å². The lowest BCUT2D eigenvalue weighted by Gasteiger charge is -2.18. The maximum Gasteiger partial charge on any atom is 0.137 e. The van der Waals surface area contributed by atoms with Crippen molar-refractivity contribution in [2.24, 2.45) is 11.5 Å². The molecule has 1 aromatic rings. The van der Waals surface area contributed by atoms with Gasteiger partial charge in [-0.1, -0.05) is 12.1 Å². The molecule has 0 saturated heterocycles. The fourth-order valence-corrected chi connectivity index (χ4v) is 2.03. The van der Waals surface area contributed by atoms with Gasteiger partial charge in [0.2, 0.25) is 0 Å². The molecule has 0 bridgehead atoms. The van der Waals surface area contributed by atoms with Gasteiger partial charge in [0, 0.05) is 18.5 Å². The molecule has 4 N–H and O–H groups in total. The van der Waals surface area contributed by atoms with Crippen LogP contribution in [0.1, 0.15) is 18.4 Å². The number of para-hydroxylation sites is 1. The summed E-state index contributed by atoms with van der Waals surface area (Å²) in [5.41, 5.74) is 12.3. The minimum atomic E-state index is -0.0792. The van der Waals surface area contributed by atoms with Gasteiger partial charge in [-0.25, -0.2) is 0 Å². The first-order chi connectivity index (χ1) is 7.70. The summed E-state index contributed by atoms with van der Waals surface area (Å²) in [5.74, 6) is 0.597. The van der Waals surface area contributed by atoms with Gasteiger partial charge in [-0.15, -0.1) is 0 Å². The molecule has 4 heteroatoms. The lowest BCUT2D eigenvalue weighted by Crippen LogP contribution is -2.33. The smallest absolute Gasteiger partial charge is 0.137 e. The number of ether oxygens (including phenoxy) is 1. The molecular formula is C12H15N3O. The van der Waals surface area contributed by atoms with Gasteiger partial charge < -0.3 is 16.2 Å². The Morgan fingerprint density at radius 1 is 1.25 bits per heavy atom. The topological polar surface area (TPSA) is 85.1 Å². The normalized spacial score (nSPS) is 28.7. The van der Waals surface area contributed by atoms with Crippen molar-refractivity contribution in [3.8, 4) is 11.8 Å². The van der Waals surface area contributed by atoms with Crippen LogP contribution in [0.2, 0.25) is 0 Å². The summed E-state index contributed by atoms with van der Waals surface area (Å²) in [7, 11) is 0. The van der Waals surface area contributed by atoms with Gasteiger partial charge in [-0.05, 0) is 18.6 Å². The molecule has 4 nitrogen and oxygen atoms in total. The summed E-state index contributed by atoms with van der Waals surface area (Å²) in [6.45, 7) is 0. The molecule has 3 atom stereocenters. The fraction of sp³-hybridized carbons (Fsp3) is 0.417. The summed E-state index contributed by atoms with van der Waals surface area (Å²) in [6.07, 6.45) is 1.45. The Morgan fingerprint density at radius 2 is 2.00 bits per heavy atom. The zero-order chi connectivity index (χ0) is 11.5. The Labute approximate surface area is 94.8 Å².